The van der Waals surface area contributed by atoms with Crippen molar-refractivity contribution in [2.45, 2.75) is 9.10 Å². The molecule has 0 aliphatic carbocycles. The molecular formula is C19H11N5O2S2. The molecule has 9 heteroatoms. The lowest BCUT2D eigenvalue weighted by Crippen LogP contribution is -1.90. The van der Waals surface area contributed by atoms with E-state index in [2.05, 4.69) is 15.2 Å². The lowest BCUT2D eigenvalue weighted by atomic mass is 10.1. The first-order chi connectivity index (χ1) is 13.7. The normalized spacial score (nSPS) is 11.3. The van der Waals surface area contributed by atoms with Crippen LogP contribution in [0.25, 0.3) is 27.0 Å². The van der Waals surface area contributed by atoms with E-state index >= 15 is 0 Å². The number of thiophene rings is 1. The maximum absolute atomic E-state index is 11.4. The van der Waals surface area contributed by atoms with Gasteiger partial charge in [-0.2, -0.15) is 0 Å². The Labute approximate surface area is 166 Å². The van der Waals surface area contributed by atoms with Crippen LogP contribution in [-0.2, 0) is 0 Å². The summed E-state index contributed by atoms with van der Waals surface area (Å²) in [6.45, 7) is 0. The summed E-state index contributed by atoms with van der Waals surface area (Å²) in [6, 6.07) is 16.7. The predicted octanol–water partition coefficient (Wildman–Crippen LogP) is 5.07. The molecule has 0 amide bonds. The Kier molecular flexibility index (Phi) is 4.03. The van der Waals surface area contributed by atoms with Crippen molar-refractivity contribution in [3.8, 4) is 11.1 Å². The van der Waals surface area contributed by atoms with Crippen LogP contribution in [0, 0.1) is 10.1 Å². The van der Waals surface area contributed by atoms with Crippen molar-refractivity contribution >= 4 is 44.6 Å². The summed E-state index contributed by atoms with van der Waals surface area (Å²) in [6.07, 6.45) is 3.30. The molecule has 5 aromatic rings. The number of hydrogen-bond acceptors (Lipinski definition) is 7. The smallest absolute Gasteiger partial charge is 0.271 e. The first-order valence-electron chi connectivity index (χ1n) is 8.30. The van der Waals surface area contributed by atoms with Gasteiger partial charge in [-0.1, -0.05) is 54.2 Å². The third kappa shape index (κ3) is 2.72. The second-order valence-electron chi connectivity index (χ2n) is 5.94. The van der Waals surface area contributed by atoms with Gasteiger partial charge in [0.25, 0.3) is 5.69 Å². The SMILES string of the molecule is O=[N+]([O-])c1ccccc1Sc1sc2ncn3cnnc3c2c1-c1ccccc1. The number of benzene rings is 2. The molecule has 0 radical (unpaired) electrons. The standard InChI is InChI=1S/C19H11N5O2S2/c25-24(26)13-8-4-5-9-14(13)27-19-15(12-6-2-1-3-7-12)16-17-22-21-11-23(17)10-20-18(16)28-19/h1-11H. The molecular weight excluding hydrogens is 394 g/mol. The van der Waals surface area contributed by atoms with Crippen LogP contribution < -0.4 is 0 Å². The minimum absolute atomic E-state index is 0.0875. The van der Waals surface area contributed by atoms with Gasteiger partial charge in [0.05, 0.1) is 19.4 Å². The van der Waals surface area contributed by atoms with Crippen molar-refractivity contribution in [3.05, 3.63) is 77.4 Å². The molecule has 2 aromatic carbocycles. The third-order valence-corrected chi connectivity index (χ3v) is 6.63. The number of aromatic nitrogens is 4. The Morgan fingerprint density at radius 2 is 1.82 bits per heavy atom. The summed E-state index contributed by atoms with van der Waals surface area (Å²) < 4.78 is 2.71. The monoisotopic (exact) mass is 405 g/mol. The van der Waals surface area contributed by atoms with E-state index in [1.807, 2.05) is 30.3 Å². The zero-order valence-electron chi connectivity index (χ0n) is 14.2. The first kappa shape index (κ1) is 16.8. The van der Waals surface area contributed by atoms with Gasteiger partial charge in [-0.3, -0.25) is 14.5 Å². The van der Waals surface area contributed by atoms with Gasteiger partial charge in [0.1, 0.15) is 17.5 Å². The average Bonchev–Trinajstić information content (AvgIpc) is 3.32. The molecule has 0 aliphatic heterocycles. The Morgan fingerprint density at radius 1 is 1.04 bits per heavy atom. The van der Waals surface area contributed by atoms with Crippen molar-refractivity contribution in [2.75, 3.05) is 0 Å². The Balaban J connectivity index is 1.79. The Hall–Kier alpha value is -3.30. The summed E-state index contributed by atoms with van der Waals surface area (Å²) in [7, 11) is 0. The minimum atomic E-state index is -0.354. The summed E-state index contributed by atoms with van der Waals surface area (Å²) in [4.78, 5) is 17.0. The Morgan fingerprint density at radius 3 is 2.64 bits per heavy atom. The largest absolute Gasteiger partial charge is 0.283 e. The average molecular weight is 405 g/mol. The predicted molar refractivity (Wildman–Crippen MR) is 109 cm³/mol. The Bertz CT molecular complexity index is 1330. The van der Waals surface area contributed by atoms with Crippen molar-refractivity contribution < 1.29 is 4.92 Å². The van der Waals surface area contributed by atoms with E-state index in [1.54, 1.807) is 35.3 Å². The van der Waals surface area contributed by atoms with Crippen LogP contribution in [0.5, 0.6) is 0 Å². The van der Waals surface area contributed by atoms with Gasteiger partial charge in [0, 0.05) is 11.6 Å². The highest BCUT2D eigenvalue weighted by Gasteiger charge is 2.22. The molecule has 0 bridgehead atoms. The zero-order chi connectivity index (χ0) is 19.1. The highest BCUT2D eigenvalue weighted by atomic mass is 32.2. The fraction of sp³-hybridized carbons (Fsp3) is 0. The molecule has 0 fully saturated rings. The van der Waals surface area contributed by atoms with Gasteiger partial charge >= 0.3 is 0 Å². The summed E-state index contributed by atoms with van der Waals surface area (Å²) in [5, 5.41) is 20.6. The van der Waals surface area contributed by atoms with Crippen LogP contribution in [0.2, 0.25) is 0 Å². The second kappa shape index (κ2) is 6.70. The molecule has 0 N–H and O–H groups in total. The molecule has 0 atom stereocenters. The van der Waals surface area contributed by atoms with E-state index < -0.39 is 0 Å². The summed E-state index contributed by atoms with van der Waals surface area (Å²) >= 11 is 2.88. The molecule has 3 heterocycles. The van der Waals surface area contributed by atoms with Gasteiger partial charge < -0.3 is 0 Å². The molecule has 136 valence electrons. The molecule has 0 saturated heterocycles. The zero-order valence-corrected chi connectivity index (χ0v) is 15.9. The molecule has 0 aliphatic rings. The molecule has 7 nitrogen and oxygen atoms in total. The van der Waals surface area contributed by atoms with Gasteiger partial charge in [0.15, 0.2) is 5.65 Å². The quantitative estimate of drug-likeness (QED) is 0.307. The number of nitrogens with zero attached hydrogens (tertiary/aromatic N) is 5. The van der Waals surface area contributed by atoms with Gasteiger partial charge in [-0.25, -0.2) is 4.98 Å². The molecule has 0 spiro atoms. The van der Waals surface area contributed by atoms with E-state index in [-0.39, 0.29) is 10.6 Å². The van der Waals surface area contributed by atoms with E-state index in [9.17, 15) is 10.1 Å². The summed E-state index contributed by atoms with van der Waals surface area (Å²) in [5.41, 5.74) is 2.78. The molecule has 3 aromatic heterocycles. The number of rotatable bonds is 4. The van der Waals surface area contributed by atoms with E-state index in [0.29, 0.717) is 4.90 Å². The minimum Gasteiger partial charge on any atom is -0.271 e. The molecule has 0 saturated carbocycles. The van der Waals surface area contributed by atoms with Crippen LogP contribution in [0.1, 0.15) is 0 Å². The number of nitro groups is 1. The molecule has 0 unspecified atom stereocenters. The fourth-order valence-electron chi connectivity index (χ4n) is 3.05. The lowest BCUT2D eigenvalue weighted by molar-refractivity contribution is -0.387. The van der Waals surface area contributed by atoms with Crippen LogP contribution in [0.15, 0.2) is 76.4 Å². The number of fused-ring (bicyclic) bond motifs is 3. The maximum Gasteiger partial charge on any atom is 0.283 e. The van der Waals surface area contributed by atoms with Crippen LogP contribution in [-0.4, -0.2) is 24.5 Å². The van der Waals surface area contributed by atoms with Crippen molar-refractivity contribution in [3.63, 3.8) is 0 Å². The van der Waals surface area contributed by atoms with Gasteiger partial charge in [-0.05, 0) is 11.6 Å². The third-order valence-electron chi connectivity index (χ3n) is 4.28. The number of hydrogen-bond donors (Lipinski definition) is 0. The highest BCUT2D eigenvalue weighted by molar-refractivity contribution is 8.01. The van der Waals surface area contributed by atoms with Gasteiger partial charge in [-0.15, -0.1) is 21.5 Å². The van der Waals surface area contributed by atoms with Crippen LogP contribution in [0.3, 0.4) is 0 Å². The van der Waals surface area contributed by atoms with Gasteiger partial charge in [0.2, 0.25) is 0 Å². The van der Waals surface area contributed by atoms with Crippen LogP contribution >= 0.6 is 23.1 Å². The van der Waals surface area contributed by atoms with E-state index in [1.165, 1.54) is 29.2 Å². The van der Waals surface area contributed by atoms with E-state index in [0.717, 1.165) is 31.2 Å². The van der Waals surface area contributed by atoms with Crippen molar-refractivity contribution in [2.24, 2.45) is 0 Å². The molecule has 5 rings (SSSR count). The van der Waals surface area contributed by atoms with E-state index in [4.69, 9.17) is 0 Å². The summed E-state index contributed by atoms with van der Waals surface area (Å²) in [5.74, 6) is 0. The maximum atomic E-state index is 11.4. The van der Waals surface area contributed by atoms with Crippen LogP contribution in [0.4, 0.5) is 5.69 Å². The fourth-order valence-corrected chi connectivity index (χ4v) is 5.53. The topological polar surface area (TPSA) is 86.2 Å². The first-order valence-corrected chi connectivity index (χ1v) is 9.93. The van der Waals surface area contributed by atoms with Crippen molar-refractivity contribution in [1.82, 2.24) is 19.6 Å². The molecule has 28 heavy (non-hydrogen) atoms. The van der Waals surface area contributed by atoms with Crippen molar-refractivity contribution in [1.29, 1.82) is 0 Å². The highest BCUT2D eigenvalue weighted by Crippen LogP contribution is 2.48. The second-order valence-corrected chi connectivity index (χ2v) is 8.25. The number of para-hydroxylation sites is 1. The lowest BCUT2D eigenvalue weighted by Gasteiger charge is -2.06. The number of nitro benzene ring substituents is 1.